The van der Waals surface area contributed by atoms with Crippen LogP contribution >= 0.6 is 23.6 Å². The van der Waals surface area contributed by atoms with E-state index >= 15 is 0 Å². The summed E-state index contributed by atoms with van der Waals surface area (Å²) in [5.41, 5.74) is 0. The maximum Gasteiger partial charge on any atom is 0.195 e. The summed E-state index contributed by atoms with van der Waals surface area (Å²) in [7, 11) is 0. The summed E-state index contributed by atoms with van der Waals surface area (Å²) < 4.78 is 2.75. The summed E-state index contributed by atoms with van der Waals surface area (Å²) in [5.74, 6) is 1.57. The minimum atomic E-state index is 0.302. The van der Waals surface area contributed by atoms with Crippen LogP contribution in [0.5, 0.6) is 0 Å². The maximum absolute atomic E-state index is 5.31. The quantitative estimate of drug-likeness (QED) is 0.836. The molecular weight excluding hydrogens is 288 g/mol. The van der Waals surface area contributed by atoms with E-state index in [9.17, 15) is 0 Å². The number of aromatic nitrogens is 4. The van der Waals surface area contributed by atoms with Gasteiger partial charge in [0, 0.05) is 18.2 Å². The molecule has 0 unspecified atom stereocenters. The Morgan fingerprint density at radius 1 is 1.35 bits per heavy atom. The highest BCUT2D eigenvalue weighted by atomic mass is 32.1. The zero-order valence-corrected chi connectivity index (χ0v) is 13.6. The summed E-state index contributed by atoms with van der Waals surface area (Å²) in [6, 6.07) is 0.302. The van der Waals surface area contributed by atoms with Crippen LogP contribution in [-0.2, 0) is 0 Å². The molecule has 0 saturated heterocycles. The van der Waals surface area contributed by atoms with E-state index in [1.54, 1.807) is 11.3 Å². The first-order valence-electron chi connectivity index (χ1n) is 7.30. The third kappa shape index (κ3) is 2.59. The molecule has 0 bridgehead atoms. The number of hydrogen-bond donors (Lipinski definition) is 1. The molecule has 1 N–H and O–H groups in total. The molecule has 3 rings (SSSR count). The third-order valence-corrected chi connectivity index (χ3v) is 5.36. The standard InChI is InChI=1S/C14H20N4S2/c1-9(2)18-12(16-17-14(18)19)11-8-15-13(20-11)10-6-4-3-5-7-10/h8-10H,3-7H2,1-2H3,(H,17,19). The lowest BCUT2D eigenvalue weighted by Gasteiger charge is -2.18. The first-order chi connectivity index (χ1) is 9.66. The Morgan fingerprint density at radius 3 is 2.80 bits per heavy atom. The Hall–Kier alpha value is -1.01. The number of aromatic amines is 1. The Morgan fingerprint density at radius 2 is 2.10 bits per heavy atom. The molecule has 2 aromatic rings. The molecule has 1 aliphatic carbocycles. The molecular formula is C14H20N4S2. The van der Waals surface area contributed by atoms with E-state index < -0.39 is 0 Å². The number of hydrogen-bond acceptors (Lipinski definition) is 4. The van der Waals surface area contributed by atoms with Gasteiger partial charge >= 0.3 is 0 Å². The van der Waals surface area contributed by atoms with Gasteiger partial charge in [0.15, 0.2) is 10.6 Å². The van der Waals surface area contributed by atoms with Crippen LogP contribution in [0.25, 0.3) is 10.7 Å². The van der Waals surface area contributed by atoms with E-state index in [-0.39, 0.29) is 0 Å². The fraction of sp³-hybridized carbons (Fsp3) is 0.643. The van der Waals surface area contributed by atoms with Crippen LogP contribution in [0, 0.1) is 4.77 Å². The molecule has 2 heterocycles. The van der Waals surface area contributed by atoms with Crippen molar-refractivity contribution in [3.05, 3.63) is 16.0 Å². The lowest BCUT2D eigenvalue weighted by atomic mass is 9.90. The zero-order valence-electron chi connectivity index (χ0n) is 11.9. The number of nitrogens with one attached hydrogen (secondary N) is 1. The van der Waals surface area contributed by atoms with Gasteiger partial charge in [-0.05, 0) is 38.9 Å². The van der Waals surface area contributed by atoms with Crippen LogP contribution in [0.15, 0.2) is 6.20 Å². The Bertz CT molecular complexity index is 632. The predicted octanol–water partition coefficient (Wildman–Crippen LogP) is 4.69. The smallest absolute Gasteiger partial charge is 0.195 e. The summed E-state index contributed by atoms with van der Waals surface area (Å²) in [5, 5.41) is 8.55. The minimum absolute atomic E-state index is 0.302. The normalized spacial score (nSPS) is 16.9. The predicted molar refractivity (Wildman–Crippen MR) is 84.7 cm³/mol. The highest BCUT2D eigenvalue weighted by Crippen LogP contribution is 2.37. The van der Waals surface area contributed by atoms with Crippen LogP contribution in [0.3, 0.4) is 0 Å². The molecule has 0 spiro atoms. The molecule has 0 amide bonds. The Labute approximate surface area is 128 Å². The minimum Gasteiger partial charge on any atom is -0.297 e. The average Bonchev–Trinajstić information content (AvgIpc) is 3.05. The zero-order chi connectivity index (χ0) is 14.1. The van der Waals surface area contributed by atoms with Gasteiger partial charge in [-0.3, -0.25) is 9.67 Å². The fourth-order valence-electron chi connectivity index (χ4n) is 2.89. The third-order valence-electron chi connectivity index (χ3n) is 3.92. The van der Waals surface area contributed by atoms with Gasteiger partial charge in [-0.1, -0.05) is 19.3 Å². The molecule has 1 saturated carbocycles. The molecule has 0 radical (unpaired) electrons. The second kappa shape index (κ2) is 5.77. The van der Waals surface area contributed by atoms with E-state index in [0.717, 1.165) is 10.7 Å². The van der Waals surface area contributed by atoms with Crippen LogP contribution in [0.1, 0.15) is 62.9 Å². The molecule has 0 atom stereocenters. The van der Waals surface area contributed by atoms with E-state index in [4.69, 9.17) is 12.2 Å². The topological polar surface area (TPSA) is 46.5 Å². The molecule has 1 fully saturated rings. The van der Waals surface area contributed by atoms with Gasteiger partial charge in [0.2, 0.25) is 0 Å². The maximum atomic E-state index is 5.31. The van der Waals surface area contributed by atoms with Gasteiger partial charge in [0.05, 0.1) is 9.88 Å². The molecule has 108 valence electrons. The van der Waals surface area contributed by atoms with Crippen molar-refractivity contribution >= 4 is 23.6 Å². The van der Waals surface area contributed by atoms with Crippen LogP contribution in [-0.4, -0.2) is 19.7 Å². The second-order valence-electron chi connectivity index (χ2n) is 5.71. The van der Waals surface area contributed by atoms with Crippen molar-refractivity contribution in [2.75, 3.05) is 0 Å². The lowest BCUT2D eigenvalue weighted by Crippen LogP contribution is -2.03. The molecule has 0 aromatic carbocycles. The first-order valence-corrected chi connectivity index (χ1v) is 8.52. The number of H-pyrrole nitrogens is 1. The van der Waals surface area contributed by atoms with Crippen molar-refractivity contribution in [3.8, 4) is 10.7 Å². The average molecular weight is 308 g/mol. The molecule has 6 heteroatoms. The number of thiazole rings is 1. The molecule has 4 nitrogen and oxygen atoms in total. The van der Waals surface area contributed by atoms with E-state index in [2.05, 4.69) is 33.6 Å². The van der Waals surface area contributed by atoms with Gasteiger partial charge in [-0.25, -0.2) is 4.98 Å². The summed E-state index contributed by atoms with van der Waals surface area (Å²) in [4.78, 5) is 5.76. The Kier molecular flexibility index (Phi) is 4.03. The van der Waals surface area contributed by atoms with Gasteiger partial charge in [0.25, 0.3) is 0 Å². The monoisotopic (exact) mass is 308 g/mol. The highest BCUT2D eigenvalue weighted by molar-refractivity contribution is 7.71. The summed E-state index contributed by atoms with van der Waals surface area (Å²) >= 11 is 7.09. The largest absolute Gasteiger partial charge is 0.297 e. The molecule has 2 aromatic heterocycles. The van der Waals surface area contributed by atoms with E-state index in [0.29, 0.717) is 16.7 Å². The van der Waals surface area contributed by atoms with Crippen molar-refractivity contribution < 1.29 is 0 Å². The van der Waals surface area contributed by atoms with Crippen LogP contribution in [0.4, 0.5) is 0 Å². The number of rotatable bonds is 3. The first kappa shape index (κ1) is 13.9. The number of nitrogens with zero attached hydrogens (tertiary/aromatic N) is 3. The molecule has 0 aliphatic heterocycles. The Balaban J connectivity index is 1.92. The van der Waals surface area contributed by atoms with Crippen molar-refractivity contribution in [1.29, 1.82) is 0 Å². The SMILES string of the molecule is CC(C)n1c(-c2cnc(C3CCCCC3)s2)n[nH]c1=S. The van der Waals surface area contributed by atoms with Gasteiger partial charge < -0.3 is 0 Å². The van der Waals surface area contributed by atoms with E-state index in [1.165, 1.54) is 37.1 Å². The van der Waals surface area contributed by atoms with Crippen molar-refractivity contribution in [2.45, 2.75) is 57.9 Å². The second-order valence-corrected chi connectivity index (χ2v) is 7.16. The van der Waals surface area contributed by atoms with Gasteiger partial charge in [0.1, 0.15) is 0 Å². The van der Waals surface area contributed by atoms with Gasteiger partial charge in [-0.15, -0.1) is 11.3 Å². The highest BCUT2D eigenvalue weighted by Gasteiger charge is 2.21. The summed E-state index contributed by atoms with van der Waals surface area (Å²) in [6.45, 7) is 4.25. The molecule has 20 heavy (non-hydrogen) atoms. The lowest BCUT2D eigenvalue weighted by molar-refractivity contribution is 0.442. The fourth-order valence-corrected chi connectivity index (χ4v) is 4.30. The van der Waals surface area contributed by atoms with Gasteiger partial charge in [-0.2, -0.15) is 5.10 Å². The van der Waals surface area contributed by atoms with Crippen LogP contribution < -0.4 is 0 Å². The van der Waals surface area contributed by atoms with Crippen LogP contribution in [0.2, 0.25) is 0 Å². The molecule has 1 aliphatic rings. The van der Waals surface area contributed by atoms with Crippen molar-refractivity contribution in [1.82, 2.24) is 19.7 Å². The summed E-state index contributed by atoms with van der Waals surface area (Å²) in [6.07, 6.45) is 8.57. The van der Waals surface area contributed by atoms with Crippen molar-refractivity contribution in [2.24, 2.45) is 0 Å². The van der Waals surface area contributed by atoms with Crippen molar-refractivity contribution in [3.63, 3.8) is 0 Å². The van der Waals surface area contributed by atoms with E-state index in [1.807, 2.05) is 6.20 Å².